The Morgan fingerprint density at radius 3 is 2.50 bits per heavy atom. The Morgan fingerprint density at radius 1 is 1.25 bits per heavy atom. The molecular weight excluding hydrogens is 241 g/mol. The molecule has 1 aromatic rings. The highest BCUT2D eigenvalue weighted by atomic mass is 35.5. The predicted octanol–water partition coefficient (Wildman–Crippen LogP) is 4.18. The van der Waals surface area contributed by atoms with Crippen LogP contribution in [0.4, 0.5) is 0 Å². The van der Waals surface area contributed by atoms with Crippen LogP contribution >= 0.6 is 23.2 Å². The van der Waals surface area contributed by atoms with Crippen molar-refractivity contribution in [3.63, 3.8) is 0 Å². The summed E-state index contributed by atoms with van der Waals surface area (Å²) in [4.78, 5) is 2.39. The van der Waals surface area contributed by atoms with E-state index in [-0.39, 0.29) is 0 Å². The zero-order chi connectivity index (χ0) is 12.0. The van der Waals surface area contributed by atoms with Crippen LogP contribution in [0, 0.1) is 0 Å². The van der Waals surface area contributed by atoms with Crippen LogP contribution < -0.4 is 0 Å². The van der Waals surface area contributed by atoms with Crippen molar-refractivity contribution in [2.75, 3.05) is 12.4 Å². The fraction of sp³-hybridized carbons (Fsp3) is 0.538. The number of hydrogen-bond acceptors (Lipinski definition) is 1. The molecule has 0 saturated heterocycles. The van der Waals surface area contributed by atoms with Gasteiger partial charge in [-0.1, -0.05) is 29.8 Å². The molecule has 0 amide bonds. The zero-order valence-corrected chi connectivity index (χ0v) is 11.4. The lowest BCUT2D eigenvalue weighted by molar-refractivity contribution is 0.214. The largest absolute Gasteiger partial charge is 0.297 e. The maximum absolute atomic E-state index is 6.15. The molecular formula is C13H19Cl2N. The fourth-order valence-corrected chi connectivity index (χ4v) is 1.94. The third-order valence-electron chi connectivity index (χ3n) is 2.64. The highest BCUT2D eigenvalue weighted by Crippen LogP contribution is 2.18. The molecule has 0 spiro atoms. The van der Waals surface area contributed by atoms with Gasteiger partial charge in [0.2, 0.25) is 0 Å². The van der Waals surface area contributed by atoms with Gasteiger partial charge in [0.05, 0.1) is 0 Å². The fourth-order valence-electron chi connectivity index (χ4n) is 1.63. The standard InChI is InChI=1S/C13H19Cl2N/c1-11(2)16(9-5-8-14)10-12-6-3-4-7-13(12)15/h3-4,6-7,11H,5,8-10H2,1-2H3. The molecule has 0 unspecified atom stereocenters. The number of rotatable bonds is 6. The van der Waals surface area contributed by atoms with Crippen molar-refractivity contribution in [1.82, 2.24) is 4.90 Å². The van der Waals surface area contributed by atoms with Gasteiger partial charge in [0.25, 0.3) is 0 Å². The van der Waals surface area contributed by atoms with E-state index in [1.807, 2.05) is 18.2 Å². The van der Waals surface area contributed by atoms with Gasteiger partial charge in [-0.25, -0.2) is 0 Å². The lowest BCUT2D eigenvalue weighted by atomic mass is 10.2. The monoisotopic (exact) mass is 259 g/mol. The minimum absolute atomic E-state index is 0.513. The molecule has 0 aromatic heterocycles. The lowest BCUT2D eigenvalue weighted by Crippen LogP contribution is -2.31. The summed E-state index contributed by atoms with van der Waals surface area (Å²) in [5.74, 6) is 0.714. The predicted molar refractivity (Wildman–Crippen MR) is 72.3 cm³/mol. The van der Waals surface area contributed by atoms with Gasteiger partial charge in [-0.15, -0.1) is 11.6 Å². The summed E-state index contributed by atoms with van der Waals surface area (Å²) in [6.45, 7) is 6.32. The van der Waals surface area contributed by atoms with Crippen LogP contribution in [0.5, 0.6) is 0 Å². The van der Waals surface area contributed by atoms with Crippen molar-refractivity contribution in [2.45, 2.75) is 32.9 Å². The maximum atomic E-state index is 6.15. The summed E-state index contributed by atoms with van der Waals surface area (Å²) >= 11 is 11.9. The normalized spacial score (nSPS) is 11.4. The van der Waals surface area contributed by atoms with Gasteiger partial charge in [0.15, 0.2) is 0 Å². The molecule has 0 heterocycles. The zero-order valence-electron chi connectivity index (χ0n) is 9.92. The number of alkyl halides is 1. The highest BCUT2D eigenvalue weighted by Gasteiger charge is 2.11. The van der Waals surface area contributed by atoms with Crippen LogP contribution in [-0.4, -0.2) is 23.4 Å². The van der Waals surface area contributed by atoms with Crippen LogP contribution in [0.25, 0.3) is 0 Å². The number of nitrogens with zero attached hydrogens (tertiary/aromatic N) is 1. The van der Waals surface area contributed by atoms with E-state index >= 15 is 0 Å². The van der Waals surface area contributed by atoms with Crippen LogP contribution in [0.2, 0.25) is 5.02 Å². The minimum Gasteiger partial charge on any atom is -0.297 e. The SMILES string of the molecule is CC(C)N(CCCCl)Cc1ccccc1Cl. The maximum Gasteiger partial charge on any atom is 0.0451 e. The van der Waals surface area contributed by atoms with Crippen LogP contribution in [0.1, 0.15) is 25.8 Å². The summed E-state index contributed by atoms with van der Waals surface area (Å²) in [6, 6.07) is 8.53. The Bertz CT molecular complexity index is 313. The second-order valence-electron chi connectivity index (χ2n) is 4.20. The molecule has 0 aliphatic rings. The highest BCUT2D eigenvalue weighted by molar-refractivity contribution is 6.31. The Kier molecular flexibility index (Phi) is 6.18. The van der Waals surface area contributed by atoms with Gasteiger partial charge in [0.1, 0.15) is 0 Å². The van der Waals surface area contributed by atoms with Gasteiger partial charge in [-0.05, 0) is 38.4 Å². The molecule has 3 heteroatoms. The Hall–Kier alpha value is -0.240. The number of benzene rings is 1. The quantitative estimate of drug-likeness (QED) is 0.693. The molecule has 1 rings (SSSR count). The van der Waals surface area contributed by atoms with Crippen molar-refractivity contribution in [3.8, 4) is 0 Å². The third-order valence-corrected chi connectivity index (χ3v) is 3.28. The number of halogens is 2. The van der Waals surface area contributed by atoms with E-state index in [9.17, 15) is 0 Å². The number of hydrogen-bond donors (Lipinski definition) is 0. The average molecular weight is 260 g/mol. The summed E-state index contributed by atoms with van der Waals surface area (Å²) in [5, 5.41) is 0.846. The first-order chi connectivity index (χ1) is 7.65. The van der Waals surface area contributed by atoms with Crippen molar-refractivity contribution >= 4 is 23.2 Å². The van der Waals surface area contributed by atoms with Gasteiger partial charge < -0.3 is 0 Å². The molecule has 0 saturated carbocycles. The third kappa shape index (κ3) is 4.32. The van der Waals surface area contributed by atoms with Crippen molar-refractivity contribution in [2.24, 2.45) is 0 Å². The van der Waals surface area contributed by atoms with Crippen LogP contribution in [-0.2, 0) is 6.54 Å². The van der Waals surface area contributed by atoms with E-state index in [1.165, 1.54) is 5.56 Å². The Labute approximate surface area is 108 Å². The topological polar surface area (TPSA) is 3.24 Å². The minimum atomic E-state index is 0.513. The molecule has 0 bridgehead atoms. The van der Waals surface area contributed by atoms with Crippen molar-refractivity contribution in [1.29, 1.82) is 0 Å². The molecule has 0 radical (unpaired) electrons. The molecule has 0 fully saturated rings. The van der Waals surface area contributed by atoms with Crippen molar-refractivity contribution < 1.29 is 0 Å². The summed E-state index contributed by atoms with van der Waals surface area (Å²) in [6.07, 6.45) is 1.02. The summed E-state index contributed by atoms with van der Waals surface area (Å²) in [7, 11) is 0. The molecule has 1 nitrogen and oxygen atoms in total. The van der Waals surface area contributed by atoms with Gasteiger partial charge in [0, 0.05) is 23.5 Å². The Balaban J connectivity index is 2.64. The van der Waals surface area contributed by atoms with Gasteiger partial charge >= 0.3 is 0 Å². The van der Waals surface area contributed by atoms with Crippen molar-refractivity contribution in [3.05, 3.63) is 34.9 Å². The Morgan fingerprint density at radius 2 is 1.94 bits per heavy atom. The summed E-state index contributed by atoms with van der Waals surface area (Å²) in [5.41, 5.74) is 1.19. The molecule has 0 aliphatic carbocycles. The van der Waals surface area contributed by atoms with E-state index in [1.54, 1.807) is 0 Å². The second-order valence-corrected chi connectivity index (χ2v) is 4.98. The molecule has 0 atom stereocenters. The molecule has 16 heavy (non-hydrogen) atoms. The van der Waals surface area contributed by atoms with E-state index < -0.39 is 0 Å². The molecule has 0 aliphatic heterocycles. The first-order valence-electron chi connectivity index (χ1n) is 5.68. The van der Waals surface area contributed by atoms with E-state index in [2.05, 4.69) is 24.8 Å². The lowest BCUT2D eigenvalue weighted by Gasteiger charge is -2.26. The smallest absolute Gasteiger partial charge is 0.0451 e. The summed E-state index contributed by atoms with van der Waals surface area (Å²) < 4.78 is 0. The molecule has 1 aromatic carbocycles. The second kappa shape index (κ2) is 7.16. The van der Waals surface area contributed by atoms with E-state index in [4.69, 9.17) is 23.2 Å². The molecule has 90 valence electrons. The van der Waals surface area contributed by atoms with E-state index in [0.29, 0.717) is 11.9 Å². The van der Waals surface area contributed by atoms with E-state index in [0.717, 1.165) is 24.5 Å². The van der Waals surface area contributed by atoms with Crippen LogP contribution in [0.15, 0.2) is 24.3 Å². The van der Waals surface area contributed by atoms with Crippen LogP contribution in [0.3, 0.4) is 0 Å². The van der Waals surface area contributed by atoms with Gasteiger partial charge in [-0.3, -0.25) is 4.90 Å². The molecule has 0 N–H and O–H groups in total. The first kappa shape index (κ1) is 13.8. The average Bonchev–Trinajstić information content (AvgIpc) is 2.26. The first-order valence-corrected chi connectivity index (χ1v) is 6.59. The van der Waals surface area contributed by atoms with Gasteiger partial charge in [-0.2, -0.15) is 0 Å².